The Hall–Kier alpha value is -3.42. The third-order valence-electron chi connectivity index (χ3n) is 3.35. The first-order valence-corrected chi connectivity index (χ1v) is 6.65. The van der Waals surface area contributed by atoms with Crippen molar-refractivity contribution in [2.24, 2.45) is 15.0 Å². The molecule has 0 fully saturated rings. The van der Waals surface area contributed by atoms with Gasteiger partial charge in [-0.05, 0) is 30.2 Å². The predicted octanol–water partition coefficient (Wildman–Crippen LogP) is 3.49. The lowest BCUT2D eigenvalue weighted by atomic mass is 9.98. The number of hydrogen-bond donors (Lipinski definition) is 0. The zero-order valence-corrected chi connectivity index (χ0v) is 12.2. The van der Waals surface area contributed by atoms with Crippen LogP contribution in [0, 0.1) is 6.92 Å². The zero-order chi connectivity index (χ0) is 16.7. The number of benzene rings is 2. The molecule has 0 N–H and O–H groups in total. The van der Waals surface area contributed by atoms with Gasteiger partial charge in [0.05, 0.1) is 17.1 Å². The van der Waals surface area contributed by atoms with Crippen LogP contribution in [0.25, 0.3) is 0 Å². The van der Waals surface area contributed by atoms with Crippen LogP contribution in [-0.2, 0) is 20.8 Å². The van der Waals surface area contributed by atoms with Gasteiger partial charge in [-0.3, -0.25) is 0 Å². The van der Waals surface area contributed by atoms with E-state index in [9.17, 15) is 14.4 Å². The number of hydrogen-bond acceptors (Lipinski definition) is 6. The summed E-state index contributed by atoms with van der Waals surface area (Å²) in [4.78, 5) is 42.6. The van der Waals surface area contributed by atoms with Crippen LogP contribution < -0.4 is 0 Å². The second kappa shape index (κ2) is 7.55. The van der Waals surface area contributed by atoms with Crippen LogP contribution in [0.4, 0.5) is 17.1 Å². The third kappa shape index (κ3) is 3.62. The molecular formula is C17H11N3O3. The highest BCUT2D eigenvalue weighted by Crippen LogP contribution is 2.34. The molecule has 0 atom stereocenters. The van der Waals surface area contributed by atoms with Gasteiger partial charge < -0.3 is 0 Å². The first-order valence-electron chi connectivity index (χ1n) is 6.65. The molecule has 0 spiro atoms. The van der Waals surface area contributed by atoms with Crippen molar-refractivity contribution in [1.29, 1.82) is 0 Å². The second-order valence-electron chi connectivity index (χ2n) is 4.63. The van der Waals surface area contributed by atoms with E-state index in [-0.39, 0.29) is 0 Å². The Labute approximate surface area is 131 Å². The van der Waals surface area contributed by atoms with E-state index in [2.05, 4.69) is 15.0 Å². The number of aliphatic imine (C=N–C) groups is 3. The average Bonchev–Trinajstić information content (AvgIpc) is 2.55. The Morgan fingerprint density at radius 2 is 1.43 bits per heavy atom. The normalized spacial score (nSPS) is 9.26. The second-order valence-corrected chi connectivity index (χ2v) is 4.63. The van der Waals surface area contributed by atoms with Gasteiger partial charge in [0.2, 0.25) is 18.2 Å². The molecule has 23 heavy (non-hydrogen) atoms. The molecule has 6 heteroatoms. The summed E-state index contributed by atoms with van der Waals surface area (Å²) in [5.41, 5.74) is 3.36. The van der Waals surface area contributed by atoms with Crippen molar-refractivity contribution in [2.45, 2.75) is 13.3 Å². The molecule has 0 aliphatic rings. The Morgan fingerprint density at radius 3 is 2.13 bits per heavy atom. The summed E-state index contributed by atoms with van der Waals surface area (Å²) in [6, 6.07) is 10.4. The van der Waals surface area contributed by atoms with Crippen molar-refractivity contribution in [3.8, 4) is 0 Å². The summed E-state index contributed by atoms with van der Waals surface area (Å²) in [5.74, 6) is 0. The fourth-order valence-electron chi connectivity index (χ4n) is 2.28. The van der Waals surface area contributed by atoms with Crippen LogP contribution in [0.15, 0.2) is 51.4 Å². The van der Waals surface area contributed by atoms with Crippen molar-refractivity contribution in [2.75, 3.05) is 0 Å². The van der Waals surface area contributed by atoms with E-state index in [1.54, 1.807) is 31.2 Å². The third-order valence-corrected chi connectivity index (χ3v) is 3.35. The lowest BCUT2D eigenvalue weighted by molar-refractivity contribution is 0.564. The van der Waals surface area contributed by atoms with Gasteiger partial charge in [-0.15, -0.1) is 0 Å². The van der Waals surface area contributed by atoms with Crippen LogP contribution in [0.5, 0.6) is 0 Å². The van der Waals surface area contributed by atoms with E-state index in [1.807, 2.05) is 12.1 Å². The minimum Gasteiger partial charge on any atom is -0.211 e. The minimum atomic E-state index is 0.386. The fourth-order valence-corrected chi connectivity index (χ4v) is 2.28. The highest BCUT2D eigenvalue weighted by atomic mass is 16.1. The number of rotatable bonds is 5. The molecule has 0 unspecified atom stereocenters. The van der Waals surface area contributed by atoms with Gasteiger partial charge >= 0.3 is 0 Å². The van der Waals surface area contributed by atoms with Crippen molar-refractivity contribution >= 4 is 35.3 Å². The molecule has 0 aliphatic heterocycles. The summed E-state index contributed by atoms with van der Waals surface area (Å²) in [6.45, 7) is 1.70. The number of nitrogens with zero attached hydrogens (tertiary/aromatic N) is 3. The van der Waals surface area contributed by atoms with Gasteiger partial charge in [-0.2, -0.15) is 15.0 Å². The first-order chi connectivity index (χ1) is 11.2. The molecule has 6 nitrogen and oxygen atoms in total. The number of carbonyl (C=O) groups excluding carboxylic acids is 3. The van der Waals surface area contributed by atoms with Crippen LogP contribution in [-0.4, -0.2) is 18.2 Å². The highest BCUT2D eigenvalue weighted by molar-refractivity contribution is 5.69. The molecule has 0 aromatic heterocycles. The molecule has 0 saturated heterocycles. The topological polar surface area (TPSA) is 88.3 Å². The van der Waals surface area contributed by atoms with Crippen LogP contribution >= 0.6 is 0 Å². The quantitative estimate of drug-likeness (QED) is 0.625. The Kier molecular flexibility index (Phi) is 5.24. The SMILES string of the molecule is Cc1c(N=C=O)ccc(Cc2ccccc2N=C=O)c1N=C=O. The van der Waals surface area contributed by atoms with E-state index in [0.29, 0.717) is 29.0 Å². The summed E-state index contributed by atoms with van der Waals surface area (Å²) in [7, 11) is 0. The van der Waals surface area contributed by atoms with E-state index in [1.165, 1.54) is 18.2 Å². The van der Waals surface area contributed by atoms with E-state index < -0.39 is 0 Å². The summed E-state index contributed by atoms with van der Waals surface area (Å²) < 4.78 is 0. The van der Waals surface area contributed by atoms with Gasteiger partial charge in [0.1, 0.15) is 0 Å². The van der Waals surface area contributed by atoms with Crippen molar-refractivity contribution in [3.63, 3.8) is 0 Å². The van der Waals surface area contributed by atoms with E-state index in [0.717, 1.165) is 11.1 Å². The predicted molar refractivity (Wildman–Crippen MR) is 83.8 cm³/mol. The largest absolute Gasteiger partial charge is 0.240 e. The summed E-state index contributed by atoms with van der Waals surface area (Å²) in [6.07, 6.45) is 4.89. The van der Waals surface area contributed by atoms with Crippen LogP contribution in [0.1, 0.15) is 16.7 Å². The van der Waals surface area contributed by atoms with Crippen molar-refractivity contribution < 1.29 is 14.4 Å². The Morgan fingerprint density at radius 1 is 0.783 bits per heavy atom. The van der Waals surface area contributed by atoms with Gasteiger partial charge in [-0.1, -0.05) is 24.3 Å². The average molecular weight is 305 g/mol. The Balaban J connectivity index is 2.56. The molecule has 2 aromatic carbocycles. The van der Waals surface area contributed by atoms with Crippen molar-refractivity contribution in [3.05, 3.63) is 53.1 Å². The molecule has 0 saturated carbocycles. The van der Waals surface area contributed by atoms with Gasteiger partial charge in [0.15, 0.2) is 0 Å². The van der Waals surface area contributed by atoms with Crippen molar-refractivity contribution in [1.82, 2.24) is 0 Å². The molecule has 2 aromatic rings. The smallest absolute Gasteiger partial charge is 0.211 e. The summed E-state index contributed by atoms with van der Waals surface area (Å²) in [5, 5.41) is 0. The number of isocyanates is 3. The Bertz CT molecular complexity index is 886. The summed E-state index contributed by atoms with van der Waals surface area (Å²) >= 11 is 0. The standard InChI is InChI=1S/C17H11N3O3/c1-12-15(18-9-21)7-6-14(17(12)20-11-23)8-13-4-2-3-5-16(13)19-10-22/h2-7H,8H2,1H3. The zero-order valence-electron chi connectivity index (χ0n) is 12.2. The molecule has 0 heterocycles. The van der Waals surface area contributed by atoms with E-state index in [4.69, 9.17) is 0 Å². The lowest BCUT2D eigenvalue weighted by Crippen LogP contribution is -1.92. The molecular weight excluding hydrogens is 294 g/mol. The van der Waals surface area contributed by atoms with Crippen LogP contribution in [0.2, 0.25) is 0 Å². The maximum Gasteiger partial charge on any atom is 0.240 e. The fraction of sp³-hybridized carbons (Fsp3) is 0.118. The lowest BCUT2D eigenvalue weighted by Gasteiger charge is -2.10. The number of para-hydroxylation sites is 1. The maximum atomic E-state index is 10.7. The molecule has 0 aliphatic carbocycles. The van der Waals surface area contributed by atoms with Gasteiger partial charge in [-0.25, -0.2) is 14.4 Å². The molecule has 0 amide bonds. The van der Waals surface area contributed by atoms with Gasteiger partial charge in [0.25, 0.3) is 0 Å². The molecule has 0 radical (unpaired) electrons. The molecule has 0 bridgehead atoms. The minimum absolute atomic E-state index is 0.386. The van der Waals surface area contributed by atoms with E-state index >= 15 is 0 Å². The molecule has 112 valence electrons. The highest BCUT2D eigenvalue weighted by Gasteiger charge is 2.12. The monoisotopic (exact) mass is 305 g/mol. The van der Waals surface area contributed by atoms with Crippen LogP contribution in [0.3, 0.4) is 0 Å². The molecule has 2 rings (SSSR count). The van der Waals surface area contributed by atoms with Gasteiger partial charge in [0, 0.05) is 12.0 Å². The maximum absolute atomic E-state index is 10.7. The first kappa shape index (κ1) is 16.0.